The van der Waals surface area contributed by atoms with Crippen LogP contribution in [0.4, 0.5) is 5.69 Å². The fraction of sp³-hybridized carbons (Fsp3) is 0.333. The first-order chi connectivity index (χ1) is 13.0. The molecule has 6 heteroatoms. The predicted octanol–water partition coefficient (Wildman–Crippen LogP) is 3.84. The number of aryl methyl sites for hydroxylation is 1. The zero-order chi connectivity index (χ0) is 19.8. The van der Waals surface area contributed by atoms with Crippen LogP contribution in [0.1, 0.15) is 36.7 Å². The minimum Gasteiger partial charge on any atom is -0.493 e. The smallest absolute Gasteiger partial charge is 0.339 e. The zero-order valence-electron chi connectivity index (χ0n) is 16.1. The largest absolute Gasteiger partial charge is 0.493 e. The minimum atomic E-state index is -0.944. The van der Waals surface area contributed by atoms with Gasteiger partial charge in [0.2, 0.25) is 0 Å². The van der Waals surface area contributed by atoms with Crippen LogP contribution >= 0.6 is 0 Å². The summed E-state index contributed by atoms with van der Waals surface area (Å²) in [5.41, 5.74) is 2.11. The molecule has 0 unspecified atom stereocenters. The van der Waals surface area contributed by atoms with E-state index in [2.05, 4.69) is 12.2 Å². The molecule has 0 aromatic heterocycles. The molecule has 0 aliphatic rings. The van der Waals surface area contributed by atoms with Gasteiger partial charge in [-0.2, -0.15) is 0 Å². The lowest BCUT2D eigenvalue weighted by molar-refractivity contribution is -0.123. The Hall–Kier alpha value is -3.02. The molecule has 0 aliphatic carbocycles. The molecule has 0 aliphatic heterocycles. The maximum absolute atomic E-state index is 12.3. The molecule has 0 radical (unpaired) electrons. The van der Waals surface area contributed by atoms with E-state index >= 15 is 0 Å². The minimum absolute atomic E-state index is 0.280. The summed E-state index contributed by atoms with van der Waals surface area (Å²) in [5.74, 6) is -0.0388. The highest BCUT2D eigenvalue weighted by atomic mass is 16.5. The van der Waals surface area contributed by atoms with E-state index in [1.165, 1.54) is 25.7 Å². The van der Waals surface area contributed by atoms with E-state index in [0.29, 0.717) is 23.8 Å². The highest BCUT2D eigenvalue weighted by Gasteiger charge is 2.20. The van der Waals surface area contributed by atoms with Gasteiger partial charge in [-0.1, -0.05) is 19.1 Å². The Morgan fingerprint density at radius 3 is 2.33 bits per heavy atom. The summed E-state index contributed by atoms with van der Waals surface area (Å²) in [6, 6.07) is 12.3. The van der Waals surface area contributed by atoms with Crippen LogP contribution in [0.3, 0.4) is 0 Å². The number of nitrogens with one attached hydrogen (secondary N) is 1. The van der Waals surface area contributed by atoms with Gasteiger partial charge in [0.15, 0.2) is 17.6 Å². The second kappa shape index (κ2) is 9.62. The predicted molar refractivity (Wildman–Crippen MR) is 103 cm³/mol. The molecule has 0 heterocycles. The molecule has 0 saturated carbocycles. The Kier molecular flexibility index (Phi) is 7.23. The van der Waals surface area contributed by atoms with Crippen LogP contribution in [0.15, 0.2) is 42.5 Å². The van der Waals surface area contributed by atoms with Gasteiger partial charge in [0.25, 0.3) is 5.91 Å². The maximum Gasteiger partial charge on any atom is 0.339 e. The third-order valence-corrected chi connectivity index (χ3v) is 3.98. The number of carbonyl (C=O) groups is 2. The summed E-state index contributed by atoms with van der Waals surface area (Å²) in [4.78, 5) is 24.6. The monoisotopic (exact) mass is 371 g/mol. The average molecular weight is 371 g/mol. The van der Waals surface area contributed by atoms with Gasteiger partial charge in [-0.3, -0.25) is 4.79 Å². The number of benzene rings is 2. The van der Waals surface area contributed by atoms with Gasteiger partial charge >= 0.3 is 5.97 Å². The number of esters is 1. The van der Waals surface area contributed by atoms with Gasteiger partial charge in [-0.25, -0.2) is 4.79 Å². The Morgan fingerprint density at radius 2 is 1.74 bits per heavy atom. The fourth-order valence-electron chi connectivity index (χ4n) is 2.42. The molecule has 2 aromatic rings. The number of amides is 1. The van der Waals surface area contributed by atoms with Gasteiger partial charge in [-0.15, -0.1) is 0 Å². The van der Waals surface area contributed by atoms with Gasteiger partial charge in [0, 0.05) is 5.69 Å². The quantitative estimate of drug-likeness (QED) is 0.714. The number of methoxy groups -OCH3 is 1. The summed E-state index contributed by atoms with van der Waals surface area (Å²) in [6.07, 6.45) is -0.0192. The summed E-state index contributed by atoms with van der Waals surface area (Å²) >= 11 is 0. The standard InChI is InChI=1S/C21H25NO5/c1-5-15-7-10-17(11-8-15)22-20(23)14(3)27-21(24)16-9-12-18(26-6-2)19(13-16)25-4/h7-14H,5-6H2,1-4H3,(H,22,23)/t14-/m0/s1. The van der Waals surface area contributed by atoms with Crippen LogP contribution in [0.5, 0.6) is 11.5 Å². The lowest BCUT2D eigenvalue weighted by Gasteiger charge is -2.15. The van der Waals surface area contributed by atoms with Gasteiger partial charge in [0.05, 0.1) is 19.3 Å². The molecule has 6 nitrogen and oxygen atoms in total. The molecule has 0 saturated heterocycles. The molecule has 2 rings (SSSR count). The number of carbonyl (C=O) groups excluding carboxylic acids is 2. The summed E-state index contributed by atoms with van der Waals surface area (Å²) < 4.78 is 15.9. The molecular formula is C21H25NO5. The van der Waals surface area contributed by atoms with Crippen LogP contribution in [-0.2, 0) is 16.0 Å². The van der Waals surface area contributed by atoms with Crippen LogP contribution in [0.2, 0.25) is 0 Å². The summed E-state index contributed by atoms with van der Waals surface area (Å²) in [5, 5.41) is 2.74. The Bertz CT molecular complexity index is 786. The van der Waals surface area contributed by atoms with Crippen molar-refractivity contribution in [1.29, 1.82) is 0 Å². The second-order valence-electron chi connectivity index (χ2n) is 5.89. The molecule has 144 valence electrons. The van der Waals surface area contributed by atoms with Crippen molar-refractivity contribution in [3.8, 4) is 11.5 Å². The van der Waals surface area contributed by atoms with Gasteiger partial charge < -0.3 is 19.5 Å². The molecule has 1 amide bonds. The van der Waals surface area contributed by atoms with E-state index in [4.69, 9.17) is 14.2 Å². The van der Waals surface area contributed by atoms with Crippen molar-refractivity contribution in [2.24, 2.45) is 0 Å². The third-order valence-electron chi connectivity index (χ3n) is 3.98. The van der Waals surface area contributed by atoms with Crippen LogP contribution in [0, 0.1) is 0 Å². The maximum atomic E-state index is 12.3. The van der Waals surface area contributed by atoms with Gasteiger partial charge in [0.1, 0.15) is 0 Å². The number of hydrogen-bond acceptors (Lipinski definition) is 5. The fourth-order valence-corrected chi connectivity index (χ4v) is 2.42. The van der Waals surface area contributed by atoms with Crippen molar-refractivity contribution >= 4 is 17.6 Å². The highest BCUT2D eigenvalue weighted by molar-refractivity contribution is 5.97. The Labute approximate surface area is 159 Å². The van der Waals surface area contributed by atoms with Crippen LogP contribution in [0.25, 0.3) is 0 Å². The number of anilines is 1. The lowest BCUT2D eigenvalue weighted by atomic mass is 10.1. The van der Waals surface area contributed by atoms with Gasteiger partial charge in [-0.05, 0) is 56.2 Å². The second-order valence-corrected chi connectivity index (χ2v) is 5.89. The van der Waals surface area contributed by atoms with E-state index in [9.17, 15) is 9.59 Å². The molecule has 1 N–H and O–H groups in total. The zero-order valence-corrected chi connectivity index (χ0v) is 16.1. The summed E-state index contributed by atoms with van der Waals surface area (Å²) in [6.45, 7) is 5.93. The lowest BCUT2D eigenvalue weighted by Crippen LogP contribution is -2.30. The SMILES string of the molecule is CCOc1ccc(C(=O)O[C@@H](C)C(=O)Nc2ccc(CC)cc2)cc1OC. The third kappa shape index (κ3) is 5.48. The van der Waals surface area contributed by atoms with Crippen molar-refractivity contribution in [3.05, 3.63) is 53.6 Å². The average Bonchev–Trinajstić information content (AvgIpc) is 2.68. The molecule has 0 bridgehead atoms. The van der Waals surface area contributed by atoms with E-state index in [1.807, 2.05) is 31.2 Å². The molecule has 0 spiro atoms. The normalized spacial score (nSPS) is 11.4. The summed E-state index contributed by atoms with van der Waals surface area (Å²) in [7, 11) is 1.49. The van der Waals surface area contributed by atoms with E-state index in [0.717, 1.165) is 6.42 Å². The molecule has 0 fully saturated rings. The Balaban J connectivity index is 2.00. The molecule has 1 atom stereocenters. The topological polar surface area (TPSA) is 73.9 Å². The molecular weight excluding hydrogens is 346 g/mol. The van der Waals surface area contributed by atoms with Crippen LogP contribution in [-0.4, -0.2) is 31.7 Å². The number of ether oxygens (including phenoxy) is 3. The molecule has 27 heavy (non-hydrogen) atoms. The number of hydrogen-bond donors (Lipinski definition) is 1. The van der Waals surface area contributed by atoms with E-state index in [-0.39, 0.29) is 5.56 Å². The van der Waals surface area contributed by atoms with Crippen molar-refractivity contribution in [2.45, 2.75) is 33.3 Å². The first-order valence-corrected chi connectivity index (χ1v) is 8.90. The first kappa shape index (κ1) is 20.3. The number of rotatable bonds is 8. The highest BCUT2D eigenvalue weighted by Crippen LogP contribution is 2.28. The van der Waals surface area contributed by atoms with Crippen molar-refractivity contribution in [1.82, 2.24) is 0 Å². The Morgan fingerprint density at radius 1 is 1.04 bits per heavy atom. The van der Waals surface area contributed by atoms with Crippen LogP contribution < -0.4 is 14.8 Å². The van der Waals surface area contributed by atoms with Crippen molar-refractivity contribution in [3.63, 3.8) is 0 Å². The van der Waals surface area contributed by atoms with E-state index < -0.39 is 18.0 Å². The van der Waals surface area contributed by atoms with Crippen molar-refractivity contribution < 1.29 is 23.8 Å². The molecule has 2 aromatic carbocycles. The van der Waals surface area contributed by atoms with Crippen molar-refractivity contribution in [2.75, 3.05) is 19.0 Å². The first-order valence-electron chi connectivity index (χ1n) is 8.90. The van der Waals surface area contributed by atoms with E-state index in [1.54, 1.807) is 12.1 Å².